The maximum absolute atomic E-state index is 11.1. The minimum absolute atomic E-state index is 0.0985. The molecule has 2 heterocycles. The number of carbonyl (C=O) groups is 2. The second-order valence-corrected chi connectivity index (χ2v) is 4.50. The van der Waals surface area contributed by atoms with E-state index in [1.807, 2.05) is 10.8 Å². The van der Waals surface area contributed by atoms with E-state index in [-0.39, 0.29) is 24.9 Å². The number of nitrogens with zero attached hydrogens (tertiary/aromatic N) is 1. The van der Waals surface area contributed by atoms with Crippen molar-refractivity contribution in [2.45, 2.75) is 32.1 Å². The highest BCUT2D eigenvalue weighted by Gasteiger charge is 2.32. The van der Waals surface area contributed by atoms with Crippen LogP contribution in [0.15, 0.2) is 24.5 Å². The van der Waals surface area contributed by atoms with Gasteiger partial charge in [0.2, 0.25) is 0 Å². The highest BCUT2D eigenvalue weighted by atomic mass is 16.6. The van der Waals surface area contributed by atoms with Gasteiger partial charge in [0.1, 0.15) is 12.2 Å². The number of pyridine rings is 1. The Labute approximate surface area is 111 Å². The number of rotatable bonds is 4. The summed E-state index contributed by atoms with van der Waals surface area (Å²) >= 11 is 0. The highest BCUT2D eigenvalue weighted by Crippen LogP contribution is 2.24. The molecule has 1 saturated heterocycles. The molecule has 1 amide bonds. The first-order chi connectivity index (χ1) is 9.06. The summed E-state index contributed by atoms with van der Waals surface area (Å²) in [5.74, 6) is -0.778. The zero-order chi connectivity index (χ0) is 13.8. The number of primary amides is 1. The van der Waals surface area contributed by atoms with E-state index >= 15 is 0 Å². The molecular weight excluding hydrogens is 248 g/mol. The monoisotopic (exact) mass is 265 g/mol. The predicted octanol–water partition coefficient (Wildman–Crippen LogP) is 0.314. The summed E-state index contributed by atoms with van der Waals surface area (Å²) in [7, 11) is 0. The van der Waals surface area contributed by atoms with Gasteiger partial charge in [-0.25, -0.2) is 0 Å². The minimum atomic E-state index is -0.469. The van der Waals surface area contributed by atoms with E-state index in [9.17, 15) is 9.59 Å². The lowest BCUT2D eigenvalue weighted by atomic mass is 10.2. The third kappa shape index (κ3) is 3.51. The van der Waals surface area contributed by atoms with Crippen LogP contribution < -0.4 is 10.3 Å². The summed E-state index contributed by atoms with van der Waals surface area (Å²) < 4.78 is 12.5. The molecule has 0 bridgehead atoms. The summed E-state index contributed by atoms with van der Waals surface area (Å²) in [6.45, 7) is 1.64. The molecule has 0 unspecified atom stereocenters. The molecule has 0 spiro atoms. The zero-order valence-electron chi connectivity index (χ0n) is 10.7. The maximum atomic E-state index is 11.1. The van der Waals surface area contributed by atoms with Crippen LogP contribution in [0.25, 0.3) is 0 Å². The summed E-state index contributed by atoms with van der Waals surface area (Å²) in [6, 6.07) is 3.41. The van der Waals surface area contributed by atoms with Crippen molar-refractivity contribution in [1.29, 1.82) is 0 Å². The first-order valence-corrected chi connectivity index (χ1v) is 6.15. The van der Waals surface area contributed by atoms with E-state index in [1.54, 1.807) is 18.3 Å². The highest BCUT2D eigenvalue weighted by molar-refractivity contribution is 5.92. The molecule has 19 heavy (non-hydrogen) atoms. The first-order valence-electron chi connectivity index (χ1n) is 6.15. The Bertz CT molecular complexity index is 489. The largest absolute Gasteiger partial charge is 0.463 e. The van der Waals surface area contributed by atoms with E-state index in [2.05, 4.69) is 0 Å². The lowest BCUT2D eigenvalue weighted by molar-refractivity contribution is -0.759. The third-order valence-corrected chi connectivity index (χ3v) is 3.00. The average molecular weight is 265 g/mol. The number of hydrogen-bond donors (Lipinski definition) is 1. The van der Waals surface area contributed by atoms with Crippen LogP contribution in [0.1, 0.15) is 36.4 Å². The number of amides is 1. The van der Waals surface area contributed by atoms with Gasteiger partial charge in [0.15, 0.2) is 12.4 Å². The molecule has 0 aromatic carbocycles. The van der Waals surface area contributed by atoms with Gasteiger partial charge in [-0.15, -0.1) is 0 Å². The molecule has 0 aliphatic carbocycles. The Morgan fingerprint density at radius 2 is 2.32 bits per heavy atom. The second kappa shape index (κ2) is 5.79. The van der Waals surface area contributed by atoms with Crippen LogP contribution in [0.2, 0.25) is 0 Å². The van der Waals surface area contributed by atoms with Gasteiger partial charge in [0.05, 0.1) is 6.10 Å². The molecule has 1 aliphatic heterocycles. The number of carbonyl (C=O) groups excluding carboxylic acids is 2. The predicted molar refractivity (Wildman–Crippen MR) is 64.9 cm³/mol. The number of nitrogens with two attached hydrogens (primary N) is 1. The average Bonchev–Trinajstić information content (AvgIpc) is 2.85. The Morgan fingerprint density at radius 3 is 3.00 bits per heavy atom. The van der Waals surface area contributed by atoms with Crippen molar-refractivity contribution in [1.82, 2.24) is 0 Å². The fourth-order valence-electron chi connectivity index (χ4n) is 2.06. The molecule has 2 N–H and O–H groups in total. The quantitative estimate of drug-likeness (QED) is 0.627. The molecular formula is C13H17N2O4+. The van der Waals surface area contributed by atoms with E-state index in [0.717, 1.165) is 12.8 Å². The molecule has 1 aliphatic rings. The van der Waals surface area contributed by atoms with Gasteiger partial charge in [-0.3, -0.25) is 9.59 Å². The fourth-order valence-corrected chi connectivity index (χ4v) is 2.06. The normalized spacial score (nSPS) is 22.2. The number of aromatic nitrogens is 1. The van der Waals surface area contributed by atoms with Gasteiger partial charge in [0.25, 0.3) is 12.1 Å². The molecule has 1 aromatic heterocycles. The van der Waals surface area contributed by atoms with Crippen molar-refractivity contribution in [2.24, 2.45) is 5.73 Å². The van der Waals surface area contributed by atoms with Crippen molar-refractivity contribution in [3.63, 3.8) is 0 Å². The Balaban J connectivity index is 1.98. The third-order valence-electron chi connectivity index (χ3n) is 3.00. The van der Waals surface area contributed by atoms with Crippen molar-refractivity contribution < 1.29 is 23.6 Å². The Morgan fingerprint density at radius 1 is 1.53 bits per heavy atom. The Hall–Kier alpha value is -1.95. The van der Waals surface area contributed by atoms with Crippen molar-refractivity contribution in [3.05, 3.63) is 30.1 Å². The lowest BCUT2D eigenvalue weighted by Crippen LogP contribution is -2.40. The smallest absolute Gasteiger partial charge is 0.302 e. The van der Waals surface area contributed by atoms with E-state index in [4.69, 9.17) is 15.2 Å². The van der Waals surface area contributed by atoms with E-state index < -0.39 is 5.91 Å². The molecule has 0 radical (unpaired) electrons. The molecule has 0 saturated carbocycles. The van der Waals surface area contributed by atoms with E-state index in [1.165, 1.54) is 6.92 Å². The van der Waals surface area contributed by atoms with Crippen LogP contribution in [0.5, 0.6) is 0 Å². The van der Waals surface area contributed by atoms with Gasteiger partial charge in [-0.1, -0.05) is 0 Å². The maximum Gasteiger partial charge on any atom is 0.302 e. The van der Waals surface area contributed by atoms with Crippen LogP contribution in [0.4, 0.5) is 0 Å². The van der Waals surface area contributed by atoms with Crippen LogP contribution in [0, 0.1) is 0 Å². The van der Waals surface area contributed by atoms with Gasteiger partial charge in [0, 0.05) is 19.4 Å². The second-order valence-electron chi connectivity index (χ2n) is 4.50. The zero-order valence-corrected chi connectivity index (χ0v) is 10.7. The SMILES string of the molecule is CC(=O)OC[C@@H]1CC[C@H]([n+]2cccc(C(N)=O)c2)O1. The molecule has 1 fully saturated rings. The topological polar surface area (TPSA) is 82.5 Å². The molecule has 2 atom stereocenters. The van der Waals surface area contributed by atoms with Crippen LogP contribution in [0.3, 0.4) is 0 Å². The van der Waals surface area contributed by atoms with Gasteiger partial charge < -0.3 is 15.2 Å². The van der Waals surface area contributed by atoms with Crippen molar-refractivity contribution >= 4 is 11.9 Å². The fraction of sp³-hybridized carbons (Fsp3) is 0.462. The van der Waals surface area contributed by atoms with Gasteiger partial charge in [-0.05, 0) is 12.5 Å². The molecule has 6 nitrogen and oxygen atoms in total. The van der Waals surface area contributed by atoms with E-state index in [0.29, 0.717) is 5.56 Å². The number of esters is 1. The summed E-state index contributed by atoms with van der Waals surface area (Å²) in [5, 5.41) is 0. The summed E-state index contributed by atoms with van der Waals surface area (Å²) in [6.07, 6.45) is 4.86. The first kappa shape index (κ1) is 13.5. The van der Waals surface area contributed by atoms with Gasteiger partial charge in [-0.2, -0.15) is 4.57 Å². The summed E-state index contributed by atoms with van der Waals surface area (Å²) in [5.41, 5.74) is 5.68. The minimum Gasteiger partial charge on any atom is -0.463 e. The Kier molecular flexibility index (Phi) is 4.11. The van der Waals surface area contributed by atoms with Crippen molar-refractivity contribution in [2.75, 3.05) is 6.61 Å². The standard InChI is InChI=1S/C13H16N2O4/c1-9(16)18-8-11-4-5-12(19-11)15-6-2-3-10(7-15)13(14)17/h2-3,6-7,11-12H,4-5,8H2,1H3,(H-,14,17)/p+1/t11-,12+/m0/s1. The number of ether oxygens (including phenoxy) is 2. The van der Waals surface area contributed by atoms with Crippen LogP contribution in [-0.2, 0) is 14.3 Å². The van der Waals surface area contributed by atoms with Crippen molar-refractivity contribution in [3.8, 4) is 0 Å². The molecule has 6 heteroatoms. The molecule has 2 rings (SSSR count). The number of hydrogen-bond acceptors (Lipinski definition) is 4. The van der Waals surface area contributed by atoms with Gasteiger partial charge >= 0.3 is 5.97 Å². The lowest BCUT2D eigenvalue weighted by Gasteiger charge is -2.10. The molecule has 102 valence electrons. The van der Waals surface area contributed by atoms with Crippen LogP contribution in [-0.4, -0.2) is 24.6 Å². The summed E-state index contributed by atoms with van der Waals surface area (Å²) in [4.78, 5) is 21.9. The molecule has 1 aromatic rings. The van der Waals surface area contributed by atoms with Crippen LogP contribution >= 0.6 is 0 Å².